The molecule has 2 amide bonds. The first kappa shape index (κ1) is 18.8. The molecule has 0 aliphatic heterocycles. The Morgan fingerprint density at radius 2 is 1.50 bits per heavy atom. The molecule has 4 nitrogen and oxygen atoms in total. The second kappa shape index (κ2) is 9.71. The molecule has 0 saturated carbocycles. The number of carbonyl (C=O) groups is 2. The second-order valence-electron chi connectivity index (χ2n) is 4.56. The van der Waals surface area contributed by atoms with Crippen LogP contribution in [0.25, 0.3) is 0 Å². The normalized spacial score (nSPS) is 10.2. The van der Waals surface area contributed by atoms with Gasteiger partial charge in [-0.1, -0.05) is 28.1 Å². The van der Waals surface area contributed by atoms with Crippen LogP contribution in [0.15, 0.2) is 62.8 Å². The van der Waals surface area contributed by atoms with E-state index in [1.54, 1.807) is 18.2 Å². The van der Waals surface area contributed by atoms with Crippen LogP contribution in [-0.2, 0) is 9.59 Å². The van der Waals surface area contributed by atoms with Gasteiger partial charge in [0.05, 0.1) is 11.5 Å². The van der Waals surface area contributed by atoms with Crippen molar-refractivity contribution in [2.45, 2.75) is 9.79 Å². The van der Waals surface area contributed by atoms with Gasteiger partial charge in [-0.15, -0.1) is 23.5 Å². The Labute approximate surface area is 156 Å². The first-order valence-corrected chi connectivity index (χ1v) is 9.64. The van der Waals surface area contributed by atoms with Crippen LogP contribution in [-0.4, -0.2) is 23.3 Å². The van der Waals surface area contributed by atoms with E-state index >= 15 is 0 Å². The van der Waals surface area contributed by atoms with Crippen molar-refractivity contribution in [1.82, 2.24) is 10.9 Å². The lowest BCUT2D eigenvalue weighted by Gasteiger charge is -2.07. The molecule has 2 rings (SSSR count). The van der Waals surface area contributed by atoms with Gasteiger partial charge in [-0.05, 0) is 36.4 Å². The van der Waals surface area contributed by atoms with E-state index in [0.29, 0.717) is 4.90 Å². The van der Waals surface area contributed by atoms with Gasteiger partial charge in [0.1, 0.15) is 5.82 Å². The Morgan fingerprint density at radius 1 is 0.917 bits per heavy atom. The summed E-state index contributed by atoms with van der Waals surface area (Å²) in [7, 11) is 0. The number of rotatable bonds is 6. The Bertz CT molecular complexity index is 713. The van der Waals surface area contributed by atoms with Crippen molar-refractivity contribution in [2.24, 2.45) is 0 Å². The molecule has 0 aliphatic rings. The highest BCUT2D eigenvalue weighted by atomic mass is 79.9. The van der Waals surface area contributed by atoms with Gasteiger partial charge in [-0.2, -0.15) is 0 Å². The molecular formula is C16H14BrFN2O2S2. The minimum atomic E-state index is -0.398. The van der Waals surface area contributed by atoms with Crippen molar-refractivity contribution in [3.63, 3.8) is 0 Å². The highest BCUT2D eigenvalue weighted by Crippen LogP contribution is 2.21. The third-order valence-corrected chi connectivity index (χ3v) is 5.31. The van der Waals surface area contributed by atoms with E-state index < -0.39 is 5.91 Å². The van der Waals surface area contributed by atoms with Crippen LogP contribution < -0.4 is 10.9 Å². The second-order valence-corrected chi connectivity index (χ2v) is 7.54. The van der Waals surface area contributed by atoms with Crippen molar-refractivity contribution < 1.29 is 14.0 Å². The Morgan fingerprint density at radius 3 is 2.12 bits per heavy atom. The topological polar surface area (TPSA) is 58.2 Å². The predicted octanol–water partition coefficient (Wildman–Crippen LogP) is 3.62. The Balaban J connectivity index is 1.66. The zero-order chi connectivity index (χ0) is 17.4. The lowest BCUT2D eigenvalue weighted by Crippen LogP contribution is -2.43. The fourth-order valence-electron chi connectivity index (χ4n) is 1.60. The smallest absolute Gasteiger partial charge is 0.248 e. The van der Waals surface area contributed by atoms with E-state index in [4.69, 9.17) is 0 Å². The van der Waals surface area contributed by atoms with Gasteiger partial charge < -0.3 is 0 Å². The Hall–Kier alpha value is -1.51. The van der Waals surface area contributed by atoms with E-state index in [1.807, 2.05) is 24.3 Å². The Kier molecular flexibility index (Phi) is 7.61. The summed E-state index contributed by atoms with van der Waals surface area (Å²) in [6.45, 7) is 0. The van der Waals surface area contributed by atoms with Crippen molar-refractivity contribution >= 4 is 51.3 Å². The van der Waals surface area contributed by atoms with Gasteiger partial charge in [-0.25, -0.2) is 4.39 Å². The first-order valence-electron chi connectivity index (χ1n) is 6.88. The maximum atomic E-state index is 13.4. The molecule has 0 saturated heterocycles. The van der Waals surface area contributed by atoms with Crippen molar-refractivity contribution in [1.29, 1.82) is 0 Å². The third kappa shape index (κ3) is 6.54. The third-order valence-electron chi connectivity index (χ3n) is 2.72. The number of hydrazine groups is 1. The molecule has 126 valence electrons. The summed E-state index contributed by atoms with van der Waals surface area (Å²) in [6.07, 6.45) is 0. The van der Waals surface area contributed by atoms with Crippen LogP contribution in [0.2, 0.25) is 0 Å². The summed E-state index contributed by atoms with van der Waals surface area (Å²) in [5.74, 6) is -0.883. The fourth-order valence-corrected chi connectivity index (χ4v) is 3.30. The van der Waals surface area contributed by atoms with Crippen LogP contribution in [0.3, 0.4) is 0 Å². The molecule has 0 fully saturated rings. The summed E-state index contributed by atoms with van der Waals surface area (Å²) in [4.78, 5) is 24.7. The van der Waals surface area contributed by atoms with Crippen molar-refractivity contribution in [3.05, 3.63) is 58.8 Å². The maximum Gasteiger partial charge on any atom is 0.248 e. The number of halogens is 2. The van der Waals surface area contributed by atoms with Crippen molar-refractivity contribution in [2.75, 3.05) is 11.5 Å². The molecule has 8 heteroatoms. The number of benzene rings is 2. The summed E-state index contributed by atoms with van der Waals surface area (Å²) >= 11 is 5.77. The minimum Gasteiger partial charge on any atom is -0.272 e. The van der Waals surface area contributed by atoms with Gasteiger partial charge in [0.2, 0.25) is 11.8 Å². The average Bonchev–Trinajstić information content (AvgIpc) is 2.58. The molecular weight excluding hydrogens is 415 g/mol. The maximum absolute atomic E-state index is 13.4. The molecule has 0 unspecified atom stereocenters. The van der Waals surface area contributed by atoms with Crippen LogP contribution in [0.1, 0.15) is 0 Å². The lowest BCUT2D eigenvalue weighted by atomic mass is 10.3. The largest absolute Gasteiger partial charge is 0.272 e. The summed E-state index contributed by atoms with van der Waals surface area (Å²) in [5.41, 5.74) is 4.65. The molecule has 2 N–H and O–H groups in total. The number of carbonyl (C=O) groups excluding carboxylic acids is 2. The molecule has 24 heavy (non-hydrogen) atoms. The average molecular weight is 429 g/mol. The van der Waals surface area contributed by atoms with Crippen LogP contribution in [0, 0.1) is 5.82 Å². The summed E-state index contributed by atoms with van der Waals surface area (Å²) in [6, 6.07) is 13.8. The number of nitrogens with one attached hydrogen (secondary N) is 2. The van der Waals surface area contributed by atoms with Crippen LogP contribution >= 0.6 is 39.5 Å². The van der Waals surface area contributed by atoms with Crippen LogP contribution in [0.4, 0.5) is 4.39 Å². The van der Waals surface area contributed by atoms with E-state index in [0.717, 1.165) is 21.1 Å². The molecule has 0 radical (unpaired) electrons. The molecule has 0 atom stereocenters. The summed E-state index contributed by atoms with van der Waals surface area (Å²) < 4.78 is 14.4. The van der Waals surface area contributed by atoms with Crippen molar-refractivity contribution in [3.8, 4) is 0 Å². The lowest BCUT2D eigenvalue weighted by molar-refractivity contribution is -0.126. The molecule has 2 aromatic rings. The van der Waals surface area contributed by atoms with Gasteiger partial charge in [0.25, 0.3) is 0 Å². The van der Waals surface area contributed by atoms with E-state index in [2.05, 4.69) is 26.8 Å². The van der Waals surface area contributed by atoms with Gasteiger partial charge in [0, 0.05) is 14.3 Å². The quantitative estimate of drug-likeness (QED) is 0.544. The number of amides is 2. The highest BCUT2D eigenvalue weighted by Gasteiger charge is 2.08. The molecule has 0 bridgehead atoms. The zero-order valence-electron chi connectivity index (χ0n) is 12.4. The van der Waals surface area contributed by atoms with E-state index in [9.17, 15) is 14.0 Å². The molecule has 0 spiro atoms. The number of hydrogen-bond donors (Lipinski definition) is 2. The number of thioether (sulfide) groups is 2. The van der Waals surface area contributed by atoms with Gasteiger partial charge in [0.15, 0.2) is 0 Å². The number of hydrogen-bond acceptors (Lipinski definition) is 4. The highest BCUT2D eigenvalue weighted by molar-refractivity contribution is 9.10. The molecule has 0 aromatic heterocycles. The first-order chi connectivity index (χ1) is 11.5. The molecule has 0 heterocycles. The minimum absolute atomic E-state index is 0.0149. The van der Waals surface area contributed by atoms with E-state index in [-0.39, 0.29) is 23.2 Å². The van der Waals surface area contributed by atoms with E-state index in [1.165, 1.54) is 17.8 Å². The SMILES string of the molecule is O=C(CSc1ccc(Br)cc1)NNC(=O)CSc1ccccc1F. The molecule has 0 aliphatic carbocycles. The van der Waals surface area contributed by atoms with Gasteiger partial charge in [-0.3, -0.25) is 20.4 Å². The fraction of sp³-hybridized carbons (Fsp3) is 0.125. The molecule has 2 aromatic carbocycles. The van der Waals surface area contributed by atoms with Gasteiger partial charge >= 0.3 is 0 Å². The predicted molar refractivity (Wildman–Crippen MR) is 98.3 cm³/mol. The van der Waals surface area contributed by atoms with Crippen LogP contribution in [0.5, 0.6) is 0 Å². The zero-order valence-corrected chi connectivity index (χ0v) is 15.6. The summed E-state index contributed by atoms with van der Waals surface area (Å²) in [5, 5.41) is 0. The standard InChI is InChI=1S/C16H14BrFN2O2S2/c17-11-5-7-12(8-6-11)23-9-15(21)19-20-16(22)10-24-14-4-2-1-3-13(14)18/h1-8H,9-10H2,(H,19,21)(H,20,22). The monoisotopic (exact) mass is 428 g/mol.